The lowest BCUT2D eigenvalue weighted by Gasteiger charge is -2.11. The van der Waals surface area contributed by atoms with Gasteiger partial charge in [0.25, 0.3) is 5.91 Å². The Morgan fingerprint density at radius 3 is 2.62 bits per heavy atom. The van der Waals surface area contributed by atoms with Gasteiger partial charge in [-0.25, -0.2) is 0 Å². The van der Waals surface area contributed by atoms with E-state index in [1.165, 1.54) is 0 Å². The molecule has 2 aromatic rings. The molecule has 0 aliphatic rings. The van der Waals surface area contributed by atoms with Crippen LogP contribution in [-0.4, -0.2) is 17.0 Å². The van der Waals surface area contributed by atoms with Crippen LogP contribution in [0.1, 0.15) is 21.5 Å². The van der Waals surface area contributed by atoms with Crippen molar-refractivity contribution in [3.8, 4) is 0 Å². The summed E-state index contributed by atoms with van der Waals surface area (Å²) in [6.45, 7) is 1.85. The Kier molecular flexibility index (Phi) is 4.75. The summed E-state index contributed by atoms with van der Waals surface area (Å²) in [5, 5.41) is 11.7. The van der Waals surface area contributed by atoms with Crippen LogP contribution in [0.2, 0.25) is 0 Å². The fourth-order valence-electron chi connectivity index (χ4n) is 1.99. The fraction of sp³-hybridized carbons (Fsp3) is 0.125. The number of rotatable bonds is 4. The van der Waals surface area contributed by atoms with Gasteiger partial charge in [-0.2, -0.15) is 0 Å². The fourth-order valence-corrected chi connectivity index (χ4v) is 2.35. The van der Waals surface area contributed by atoms with Crippen molar-refractivity contribution in [2.45, 2.75) is 13.3 Å². The second-order valence-corrected chi connectivity index (χ2v) is 5.56. The molecule has 0 unspecified atom stereocenters. The van der Waals surface area contributed by atoms with Crippen molar-refractivity contribution in [3.05, 3.63) is 63.6 Å². The molecule has 0 heterocycles. The quantitative estimate of drug-likeness (QED) is 0.887. The third kappa shape index (κ3) is 3.92. The Balaban J connectivity index is 2.27. The number of benzene rings is 2. The van der Waals surface area contributed by atoms with E-state index >= 15 is 0 Å². The van der Waals surface area contributed by atoms with E-state index in [-0.39, 0.29) is 12.3 Å². The highest BCUT2D eigenvalue weighted by Gasteiger charge is 2.13. The smallest absolute Gasteiger partial charge is 0.307 e. The third-order valence-electron chi connectivity index (χ3n) is 3.05. The number of hydrogen-bond acceptors (Lipinski definition) is 2. The number of carboxylic acids is 1. The van der Waals surface area contributed by atoms with Gasteiger partial charge in [0.15, 0.2) is 0 Å². The number of nitrogens with one attached hydrogen (secondary N) is 1. The Hall–Kier alpha value is -2.14. The summed E-state index contributed by atoms with van der Waals surface area (Å²) in [7, 11) is 0. The van der Waals surface area contributed by atoms with E-state index in [1.54, 1.807) is 30.3 Å². The second-order valence-electron chi connectivity index (χ2n) is 4.64. The molecule has 0 atom stereocenters. The lowest BCUT2D eigenvalue weighted by atomic mass is 10.1. The zero-order valence-electron chi connectivity index (χ0n) is 11.4. The van der Waals surface area contributed by atoms with Gasteiger partial charge in [0.1, 0.15) is 0 Å². The molecule has 0 bridgehead atoms. The minimum Gasteiger partial charge on any atom is -0.481 e. The second kappa shape index (κ2) is 6.54. The van der Waals surface area contributed by atoms with E-state index in [4.69, 9.17) is 5.11 Å². The van der Waals surface area contributed by atoms with Crippen molar-refractivity contribution in [2.75, 3.05) is 5.32 Å². The number of aryl methyl sites for hydroxylation is 1. The number of para-hydroxylation sites is 1. The van der Waals surface area contributed by atoms with Gasteiger partial charge in [0.2, 0.25) is 0 Å². The first-order valence-corrected chi connectivity index (χ1v) is 7.14. The molecule has 0 aliphatic heterocycles. The zero-order chi connectivity index (χ0) is 15.4. The van der Waals surface area contributed by atoms with Crippen LogP contribution >= 0.6 is 15.9 Å². The number of halogens is 1. The summed E-state index contributed by atoms with van der Waals surface area (Å²) >= 11 is 3.34. The largest absolute Gasteiger partial charge is 0.481 e. The number of hydrogen-bond donors (Lipinski definition) is 2. The first-order chi connectivity index (χ1) is 9.97. The molecule has 0 spiro atoms. The topological polar surface area (TPSA) is 66.4 Å². The van der Waals surface area contributed by atoms with Gasteiger partial charge in [-0.05, 0) is 36.2 Å². The lowest BCUT2D eigenvalue weighted by molar-refractivity contribution is -0.136. The van der Waals surface area contributed by atoms with Gasteiger partial charge in [-0.15, -0.1) is 0 Å². The van der Waals surface area contributed by atoms with Gasteiger partial charge < -0.3 is 10.4 Å². The summed E-state index contributed by atoms with van der Waals surface area (Å²) in [6, 6.07) is 12.4. The van der Waals surface area contributed by atoms with Gasteiger partial charge in [-0.3, -0.25) is 9.59 Å². The molecular formula is C16H14BrNO3. The molecule has 0 aliphatic carbocycles. The van der Waals surface area contributed by atoms with Crippen molar-refractivity contribution in [3.63, 3.8) is 0 Å². The average Bonchev–Trinajstić information content (AvgIpc) is 2.43. The molecule has 0 saturated carbocycles. The van der Waals surface area contributed by atoms with Gasteiger partial charge in [0.05, 0.1) is 6.42 Å². The predicted molar refractivity (Wildman–Crippen MR) is 84.6 cm³/mol. The number of carbonyl (C=O) groups is 2. The lowest BCUT2D eigenvalue weighted by Crippen LogP contribution is -2.15. The van der Waals surface area contributed by atoms with Crippen LogP contribution in [0, 0.1) is 6.92 Å². The van der Waals surface area contributed by atoms with E-state index in [9.17, 15) is 9.59 Å². The number of carboxylic acid groups (broad SMARTS) is 1. The van der Waals surface area contributed by atoms with E-state index in [0.29, 0.717) is 16.8 Å². The number of aliphatic carboxylic acids is 1. The van der Waals surface area contributed by atoms with Crippen LogP contribution in [0.3, 0.4) is 0 Å². The molecule has 2 N–H and O–H groups in total. The molecular weight excluding hydrogens is 334 g/mol. The van der Waals surface area contributed by atoms with Gasteiger partial charge >= 0.3 is 5.97 Å². The normalized spacial score (nSPS) is 10.2. The van der Waals surface area contributed by atoms with Crippen LogP contribution in [0.15, 0.2) is 46.9 Å². The number of carbonyl (C=O) groups excluding carboxylic acids is 1. The minimum absolute atomic E-state index is 0.131. The van der Waals surface area contributed by atoms with Crippen molar-refractivity contribution in [1.82, 2.24) is 0 Å². The monoisotopic (exact) mass is 347 g/mol. The van der Waals surface area contributed by atoms with E-state index < -0.39 is 5.97 Å². The molecule has 0 radical (unpaired) electrons. The maximum Gasteiger partial charge on any atom is 0.307 e. The molecule has 0 saturated heterocycles. The Morgan fingerprint density at radius 1 is 1.19 bits per heavy atom. The SMILES string of the molecule is Cc1ccc(Br)cc1C(=O)Nc1ccccc1CC(=O)O. The van der Waals surface area contributed by atoms with Crippen LogP contribution < -0.4 is 5.32 Å². The van der Waals surface area contributed by atoms with Gasteiger partial charge in [-0.1, -0.05) is 40.2 Å². The number of amides is 1. The summed E-state index contributed by atoms with van der Waals surface area (Å²) in [4.78, 5) is 23.2. The average molecular weight is 348 g/mol. The van der Waals surface area contributed by atoms with Crippen molar-refractivity contribution in [1.29, 1.82) is 0 Å². The Labute approximate surface area is 130 Å². The summed E-state index contributed by atoms with van der Waals surface area (Å²) < 4.78 is 0.817. The van der Waals surface area contributed by atoms with Crippen molar-refractivity contribution >= 4 is 33.5 Å². The molecule has 2 aromatic carbocycles. The summed E-state index contributed by atoms with van der Waals surface area (Å²) in [6.07, 6.45) is -0.131. The van der Waals surface area contributed by atoms with Crippen LogP contribution in [-0.2, 0) is 11.2 Å². The van der Waals surface area contributed by atoms with E-state index in [1.807, 2.05) is 19.1 Å². The first-order valence-electron chi connectivity index (χ1n) is 6.34. The predicted octanol–water partition coefficient (Wildman–Crippen LogP) is 3.64. The van der Waals surface area contributed by atoms with Crippen LogP contribution in [0.5, 0.6) is 0 Å². The van der Waals surface area contributed by atoms with Crippen LogP contribution in [0.4, 0.5) is 5.69 Å². The van der Waals surface area contributed by atoms with Gasteiger partial charge in [0, 0.05) is 15.7 Å². The zero-order valence-corrected chi connectivity index (χ0v) is 13.0. The molecule has 21 heavy (non-hydrogen) atoms. The maximum atomic E-state index is 12.3. The van der Waals surface area contributed by atoms with Crippen molar-refractivity contribution in [2.24, 2.45) is 0 Å². The van der Waals surface area contributed by atoms with Crippen LogP contribution in [0.25, 0.3) is 0 Å². The molecule has 0 aromatic heterocycles. The van der Waals surface area contributed by atoms with Crippen molar-refractivity contribution < 1.29 is 14.7 Å². The van der Waals surface area contributed by atoms with E-state index in [0.717, 1.165) is 10.0 Å². The molecule has 108 valence electrons. The minimum atomic E-state index is -0.935. The Bertz CT molecular complexity index is 698. The molecule has 5 heteroatoms. The first kappa shape index (κ1) is 15.3. The summed E-state index contributed by atoms with van der Waals surface area (Å²) in [5.41, 5.74) is 2.50. The highest BCUT2D eigenvalue weighted by Crippen LogP contribution is 2.20. The highest BCUT2D eigenvalue weighted by atomic mass is 79.9. The Morgan fingerprint density at radius 2 is 1.90 bits per heavy atom. The molecule has 1 amide bonds. The number of anilines is 1. The van der Waals surface area contributed by atoms with E-state index in [2.05, 4.69) is 21.2 Å². The third-order valence-corrected chi connectivity index (χ3v) is 3.54. The summed E-state index contributed by atoms with van der Waals surface area (Å²) in [5.74, 6) is -1.19. The standard InChI is InChI=1S/C16H14BrNO3/c1-10-6-7-12(17)9-13(10)16(21)18-14-5-3-2-4-11(14)8-15(19)20/h2-7,9H,8H2,1H3,(H,18,21)(H,19,20). The highest BCUT2D eigenvalue weighted by molar-refractivity contribution is 9.10. The maximum absolute atomic E-state index is 12.3. The molecule has 2 rings (SSSR count). The molecule has 4 nitrogen and oxygen atoms in total. The molecule has 0 fully saturated rings.